The minimum absolute atomic E-state index is 0.0354. The van der Waals surface area contributed by atoms with Gasteiger partial charge in [0, 0.05) is 25.3 Å². The van der Waals surface area contributed by atoms with Gasteiger partial charge < -0.3 is 19.4 Å². The molecule has 1 heterocycles. The Bertz CT molecular complexity index is 1110. The summed E-state index contributed by atoms with van der Waals surface area (Å²) in [7, 11) is 0. The molecule has 1 aromatic heterocycles. The van der Waals surface area contributed by atoms with E-state index in [0.29, 0.717) is 17.6 Å². The van der Waals surface area contributed by atoms with Crippen LogP contribution in [-0.2, 0) is 6.54 Å². The average Bonchev–Trinajstić information content (AvgIpc) is 2.73. The molecule has 2 aromatic carbocycles. The van der Waals surface area contributed by atoms with Crippen LogP contribution < -0.4 is 15.6 Å². The molecule has 29 heavy (non-hydrogen) atoms. The van der Waals surface area contributed by atoms with Crippen LogP contribution in [0.4, 0.5) is 5.69 Å². The maximum absolute atomic E-state index is 12.8. The molecule has 0 spiro atoms. The maximum Gasteiger partial charge on any atom is 0.276 e. The van der Waals surface area contributed by atoms with E-state index < -0.39 is 5.97 Å². The highest BCUT2D eigenvalue weighted by molar-refractivity contribution is 5.91. The van der Waals surface area contributed by atoms with Gasteiger partial charge in [0.2, 0.25) is 0 Å². The first kappa shape index (κ1) is 20.3. The number of benzene rings is 2. The summed E-state index contributed by atoms with van der Waals surface area (Å²) in [6.45, 7) is 8.45. The summed E-state index contributed by atoms with van der Waals surface area (Å²) in [6.07, 6.45) is 3.51. The minimum Gasteiger partial charge on any atom is -0.545 e. The van der Waals surface area contributed by atoms with Crippen LogP contribution >= 0.6 is 0 Å². The molecule has 0 aliphatic heterocycles. The Morgan fingerprint density at radius 2 is 1.76 bits per heavy atom. The number of carbonyl (C=O) groups excluding carboxylic acids is 1. The highest BCUT2D eigenvalue weighted by Crippen LogP contribution is 2.17. The molecule has 0 atom stereocenters. The highest BCUT2D eigenvalue weighted by Gasteiger charge is 2.09. The van der Waals surface area contributed by atoms with Crippen molar-refractivity contribution < 1.29 is 9.90 Å². The maximum atomic E-state index is 12.8. The Morgan fingerprint density at radius 3 is 2.34 bits per heavy atom. The Morgan fingerprint density at radius 1 is 1.07 bits per heavy atom. The number of carboxylic acids is 1. The summed E-state index contributed by atoms with van der Waals surface area (Å²) in [5, 5.41) is 11.2. The first-order valence-corrected chi connectivity index (χ1v) is 9.77. The number of hydrogen-bond donors (Lipinski definition) is 0. The van der Waals surface area contributed by atoms with E-state index in [1.54, 1.807) is 16.7 Å². The fraction of sp³-hybridized carbons (Fsp3) is 0.261. The number of rotatable bonds is 7. The zero-order valence-corrected chi connectivity index (χ0v) is 16.9. The van der Waals surface area contributed by atoms with E-state index in [9.17, 15) is 14.7 Å². The van der Waals surface area contributed by atoms with Crippen LogP contribution in [0.1, 0.15) is 42.4 Å². The van der Waals surface area contributed by atoms with Gasteiger partial charge in [-0.1, -0.05) is 24.3 Å². The van der Waals surface area contributed by atoms with Gasteiger partial charge in [0.05, 0.1) is 17.0 Å². The van der Waals surface area contributed by atoms with Crippen molar-refractivity contribution in [3.8, 4) is 0 Å². The highest BCUT2D eigenvalue weighted by atomic mass is 16.4. The molecular weight excluding hydrogens is 366 g/mol. The normalized spacial score (nSPS) is 11.3. The van der Waals surface area contributed by atoms with Gasteiger partial charge in [-0.25, -0.2) is 4.98 Å². The summed E-state index contributed by atoms with van der Waals surface area (Å²) in [5.41, 5.74) is 3.24. The largest absolute Gasteiger partial charge is 0.545 e. The van der Waals surface area contributed by atoms with E-state index in [2.05, 4.69) is 35.9 Å². The zero-order valence-electron chi connectivity index (χ0n) is 16.9. The van der Waals surface area contributed by atoms with Gasteiger partial charge in [-0.3, -0.25) is 4.79 Å². The third-order valence-electron chi connectivity index (χ3n) is 4.98. The SMILES string of the molecule is CCN(CC)c1ccc(/C=C/c2nc3cc(C(=O)[O-])ccc3n(CC)c2=O)cc1. The molecule has 0 bridgehead atoms. The second kappa shape index (κ2) is 8.73. The molecule has 0 fully saturated rings. The van der Waals surface area contributed by atoms with Crippen molar-refractivity contribution in [2.45, 2.75) is 27.3 Å². The summed E-state index contributed by atoms with van der Waals surface area (Å²) in [5.74, 6) is -1.27. The lowest BCUT2D eigenvalue weighted by Crippen LogP contribution is -2.25. The lowest BCUT2D eigenvalue weighted by atomic mass is 10.1. The average molecular weight is 390 g/mol. The number of anilines is 1. The van der Waals surface area contributed by atoms with Crippen LogP contribution in [0, 0.1) is 0 Å². The van der Waals surface area contributed by atoms with E-state index in [4.69, 9.17) is 0 Å². The lowest BCUT2D eigenvalue weighted by molar-refractivity contribution is -0.255. The molecule has 0 unspecified atom stereocenters. The first-order valence-electron chi connectivity index (χ1n) is 9.77. The number of carbonyl (C=O) groups is 1. The Kier molecular flexibility index (Phi) is 6.12. The molecule has 6 nitrogen and oxygen atoms in total. The van der Waals surface area contributed by atoms with Crippen molar-refractivity contribution in [1.29, 1.82) is 0 Å². The summed E-state index contributed by atoms with van der Waals surface area (Å²) < 4.78 is 1.59. The predicted octanol–water partition coefficient (Wildman–Crippen LogP) is 2.80. The fourth-order valence-electron chi connectivity index (χ4n) is 3.38. The van der Waals surface area contributed by atoms with Crippen molar-refractivity contribution in [2.24, 2.45) is 0 Å². The molecule has 0 amide bonds. The third-order valence-corrected chi connectivity index (χ3v) is 4.98. The first-order chi connectivity index (χ1) is 14.0. The Hall–Kier alpha value is -3.41. The molecule has 0 saturated heterocycles. The summed E-state index contributed by atoms with van der Waals surface area (Å²) in [4.78, 5) is 30.6. The minimum atomic E-state index is -1.27. The molecular formula is C23H24N3O3-. The molecule has 3 rings (SSSR count). The molecule has 0 radical (unpaired) electrons. The summed E-state index contributed by atoms with van der Waals surface area (Å²) in [6, 6.07) is 12.6. The van der Waals surface area contributed by atoms with Gasteiger partial charge in [0.15, 0.2) is 0 Å². The van der Waals surface area contributed by atoms with Crippen LogP contribution in [-0.4, -0.2) is 28.6 Å². The number of carboxylic acid groups (broad SMARTS) is 1. The second-order valence-electron chi connectivity index (χ2n) is 6.63. The van der Waals surface area contributed by atoms with Crippen LogP contribution in [0.2, 0.25) is 0 Å². The van der Waals surface area contributed by atoms with Crippen LogP contribution in [0.5, 0.6) is 0 Å². The van der Waals surface area contributed by atoms with Gasteiger partial charge in [-0.2, -0.15) is 0 Å². The van der Waals surface area contributed by atoms with Crippen LogP contribution in [0.3, 0.4) is 0 Å². The number of aryl methyl sites for hydroxylation is 1. The lowest BCUT2D eigenvalue weighted by Gasteiger charge is -2.20. The van der Waals surface area contributed by atoms with E-state index in [0.717, 1.165) is 24.3 Å². The summed E-state index contributed by atoms with van der Waals surface area (Å²) >= 11 is 0. The van der Waals surface area contributed by atoms with E-state index in [-0.39, 0.29) is 16.8 Å². The molecule has 0 aliphatic carbocycles. The van der Waals surface area contributed by atoms with Crippen molar-refractivity contribution in [2.75, 3.05) is 18.0 Å². The van der Waals surface area contributed by atoms with E-state index >= 15 is 0 Å². The van der Waals surface area contributed by atoms with Crippen LogP contribution in [0.15, 0.2) is 47.3 Å². The zero-order chi connectivity index (χ0) is 21.0. The molecule has 0 saturated carbocycles. The van der Waals surface area contributed by atoms with Crippen molar-refractivity contribution >= 4 is 34.8 Å². The topological polar surface area (TPSA) is 78.3 Å². The molecule has 6 heteroatoms. The van der Waals surface area contributed by atoms with Crippen molar-refractivity contribution in [3.63, 3.8) is 0 Å². The third kappa shape index (κ3) is 4.21. The van der Waals surface area contributed by atoms with Crippen molar-refractivity contribution in [3.05, 3.63) is 69.6 Å². The molecule has 0 aliphatic rings. The smallest absolute Gasteiger partial charge is 0.276 e. The predicted molar refractivity (Wildman–Crippen MR) is 115 cm³/mol. The molecule has 0 N–H and O–H groups in total. The van der Waals surface area contributed by atoms with E-state index in [1.165, 1.54) is 12.1 Å². The monoisotopic (exact) mass is 390 g/mol. The van der Waals surface area contributed by atoms with E-state index in [1.807, 2.05) is 25.1 Å². The Labute approximate surface area is 169 Å². The number of aromatic carboxylic acids is 1. The van der Waals surface area contributed by atoms with Gasteiger partial charge in [0.25, 0.3) is 5.56 Å². The number of aromatic nitrogens is 2. The number of nitrogens with zero attached hydrogens (tertiary/aromatic N) is 3. The van der Waals surface area contributed by atoms with Gasteiger partial charge in [0.1, 0.15) is 5.69 Å². The van der Waals surface area contributed by atoms with Gasteiger partial charge >= 0.3 is 0 Å². The van der Waals surface area contributed by atoms with Gasteiger partial charge in [-0.15, -0.1) is 0 Å². The van der Waals surface area contributed by atoms with Gasteiger partial charge in [-0.05, 0) is 62.2 Å². The number of fused-ring (bicyclic) bond motifs is 1. The van der Waals surface area contributed by atoms with Crippen molar-refractivity contribution in [1.82, 2.24) is 9.55 Å². The number of hydrogen-bond acceptors (Lipinski definition) is 5. The Balaban J connectivity index is 1.99. The molecule has 3 aromatic rings. The van der Waals surface area contributed by atoms with Crippen LogP contribution in [0.25, 0.3) is 23.2 Å². The second-order valence-corrected chi connectivity index (χ2v) is 6.63. The quantitative estimate of drug-likeness (QED) is 0.620. The standard InChI is InChI=1S/C23H25N3O3/c1-4-25(5-2)18-11-7-16(8-12-18)9-13-19-22(27)26(6-3)21-14-10-17(23(28)29)15-20(21)24-19/h7-15H,4-6H2,1-3H3,(H,28,29)/p-1/b13-9+. The fourth-order valence-corrected chi connectivity index (χ4v) is 3.38. The molecule has 150 valence electrons.